The van der Waals surface area contributed by atoms with Crippen LogP contribution in [0.3, 0.4) is 0 Å². The van der Waals surface area contributed by atoms with Crippen molar-refractivity contribution in [3.05, 3.63) is 18.6 Å². The Morgan fingerprint density at radius 3 is 2.86 bits per heavy atom. The molecular weight excluding hydrogens is 301 g/mol. The molecule has 0 radical (unpaired) electrons. The Kier molecular flexibility index (Phi) is 5.17. The number of alkyl halides is 3. The average molecular weight is 318 g/mol. The van der Waals surface area contributed by atoms with Crippen molar-refractivity contribution in [3.8, 4) is 0 Å². The van der Waals surface area contributed by atoms with Crippen LogP contribution in [0.2, 0.25) is 0 Å². The highest BCUT2D eigenvalue weighted by atomic mass is 19.4. The zero-order valence-corrected chi connectivity index (χ0v) is 12.0. The van der Waals surface area contributed by atoms with Gasteiger partial charge in [0.05, 0.1) is 12.5 Å². The second kappa shape index (κ2) is 6.91. The highest BCUT2D eigenvalue weighted by molar-refractivity contribution is 5.80. The normalized spacial score (nSPS) is 21.9. The topological polar surface area (TPSA) is 67.3 Å². The van der Waals surface area contributed by atoms with Crippen LogP contribution in [0.15, 0.2) is 18.6 Å². The van der Waals surface area contributed by atoms with E-state index in [0.717, 1.165) is 0 Å². The summed E-state index contributed by atoms with van der Waals surface area (Å²) in [5.41, 5.74) is 0. The van der Waals surface area contributed by atoms with Crippen LogP contribution < -0.4 is 10.2 Å². The summed E-state index contributed by atoms with van der Waals surface area (Å²) in [5.74, 6) is -0.733. The number of ether oxygens (including phenoxy) is 1. The highest BCUT2D eigenvalue weighted by Gasteiger charge is 2.39. The van der Waals surface area contributed by atoms with Gasteiger partial charge in [0.1, 0.15) is 18.7 Å². The van der Waals surface area contributed by atoms with Gasteiger partial charge in [0, 0.05) is 32.3 Å². The summed E-state index contributed by atoms with van der Waals surface area (Å²) in [5, 5.41) is 1.95. The van der Waals surface area contributed by atoms with Crippen molar-refractivity contribution in [2.45, 2.75) is 6.18 Å². The first kappa shape index (κ1) is 16.5. The third-order valence-electron chi connectivity index (χ3n) is 3.51. The molecule has 2 heterocycles. The molecule has 1 aromatic rings. The quantitative estimate of drug-likeness (QED) is 0.872. The fraction of sp³-hybridized carbons (Fsp3) is 0.615. The van der Waals surface area contributed by atoms with Gasteiger partial charge in [-0.1, -0.05) is 0 Å². The molecule has 22 heavy (non-hydrogen) atoms. The molecule has 1 N–H and O–H groups in total. The predicted octanol–water partition coefficient (Wildman–Crippen LogP) is 0.854. The van der Waals surface area contributed by atoms with E-state index >= 15 is 0 Å². The first-order chi connectivity index (χ1) is 10.4. The molecule has 1 aliphatic rings. The summed E-state index contributed by atoms with van der Waals surface area (Å²) in [6.45, 7) is -0.231. The van der Waals surface area contributed by atoms with Gasteiger partial charge in [-0.25, -0.2) is 9.97 Å². The van der Waals surface area contributed by atoms with Crippen LogP contribution in [0, 0.1) is 11.8 Å². The fourth-order valence-electron chi connectivity index (χ4n) is 2.53. The number of carbonyl (C=O) groups is 1. The number of aromatic nitrogens is 2. The Balaban J connectivity index is 2.03. The van der Waals surface area contributed by atoms with Crippen molar-refractivity contribution in [1.82, 2.24) is 15.3 Å². The fourth-order valence-corrected chi connectivity index (χ4v) is 2.53. The minimum absolute atomic E-state index is 0.187. The molecule has 2 rings (SSSR count). The third-order valence-corrected chi connectivity index (χ3v) is 3.51. The molecule has 6 nitrogen and oxygen atoms in total. The molecule has 0 aliphatic carbocycles. The van der Waals surface area contributed by atoms with Gasteiger partial charge in [-0.15, -0.1) is 0 Å². The largest absolute Gasteiger partial charge is 0.405 e. The van der Waals surface area contributed by atoms with Crippen molar-refractivity contribution in [2.24, 2.45) is 11.8 Å². The van der Waals surface area contributed by atoms with E-state index in [-0.39, 0.29) is 5.92 Å². The number of nitrogens with one attached hydrogen (secondary N) is 1. The molecule has 0 saturated carbocycles. The maximum Gasteiger partial charge on any atom is 0.405 e. The number of halogens is 3. The summed E-state index contributed by atoms with van der Waals surface area (Å²) in [4.78, 5) is 21.8. The summed E-state index contributed by atoms with van der Waals surface area (Å²) in [6.07, 6.45) is -1.46. The van der Waals surface area contributed by atoms with E-state index in [1.807, 2.05) is 10.2 Å². The molecule has 0 aromatic carbocycles. The molecule has 0 spiro atoms. The zero-order valence-electron chi connectivity index (χ0n) is 12.0. The lowest BCUT2D eigenvalue weighted by molar-refractivity contribution is -0.141. The third kappa shape index (κ3) is 4.30. The minimum Gasteiger partial charge on any atom is -0.384 e. The summed E-state index contributed by atoms with van der Waals surface area (Å²) < 4.78 is 41.7. The number of rotatable bonds is 5. The summed E-state index contributed by atoms with van der Waals surface area (Å²) in [7, 11) is 1.50. The maximum atomic E-state index is 12.2. The Morgan fingerprint density at radius 2 is 2.27 bits per heavy atom. The Hall–Kier alpha value is -1.90. The molecule has 1 aromatic heterocycles. The van der Waals surface area contributed by atoms with Gasteiger partial charge in [0.2, 0.25) is 5.91 Å². The van der Waals surface area contributed by atoms with Gasteiger partial charge in [-0.2, -0.15) is 13.2 Å². The SMILES string of the molecule is COC[C@@H]1CN(c2ccncn2)C[C@H]1C(=O)NCC(F)(F)F. The molecule has 9 heteroatoms. The molecule has 122 valence electrons. The van der Waals surface area contributed by atoms with Crippen LogP contribution >= 0.6 is 0 Å². The lowest BCUT2D eigenvalue weighted by Gasteiger charge is -2.17. The summed E-state index contributed by atoms with van der Waals surface area (Å²) in [6, 6.07) is 1.69. The smallest absolute Gasteiger partial charge is 0.384 e. The van der Waals surface area contributed by atoms with Gasteiger partial charge in [0.15, 0.2) is 0 Å². The molecule has 0 unspecified atom stereocenters. The average Bonchev–Trinajstić information content (AvgIpc) is 2.89. The van der Waals surface area contributed by atoms with Crippen molar-refractivity contribution >= 4 is 11.7 Å². The maximum absolute atomic E-state index is 12.2. The number of carbonyl (C=O) groups excluding carboxylic acids is 1. The van der Waals surface area contributed by atoms with Gasteiger partial charge < -0.3 is 15.0 Å². The van der Waals surface area contributed by atoms with Crippen LogP contribution in [0.1, 0.15) is 0 Å². The van der Waals surface area contributed by atoms with Crippen molar-refractivity contribution in [2.75, 3.05) is 38.3 Å². The van der Waals surface area contributed by atoms with E-state index in [0.29, 0.717) is 25.5 Å². The zero-order chi connectivity index (χ0) is 16.2. The van der Waals surface area contributed by atoms with Gasteiger partial charge >= 0.3 is 6.18 Å². The second-order valence-corrected chi connectivity index (χ2v) is 5.13. The Morgan fingerprint density at radius 1 is 1.50 bits per heavy atom. The van der Waals surface area contributed by atoms with Crippen LogP contribution in [-0.2, 0) is 9.53 Å². The number of nitrogens with zero attached hydrogens (tertiary/aromatic N) is 3. The number of hydrogen-bond acceptors (Lipinski definition) is 5. The molecule has 1 aliphatic heterocycles. The first-order valence-electron chi connectivity index (χ1n) is 6.75. The minimum atomic E-state index is -4.42. The van der Waals surface area contributed by atoms with Crippen molar-refractivity contribution in [1.29, 1.82) is 0 Å². The molecule has 1 amide bonds. The van der Waals surface area contributed by atoms with Gasteiger partial charge in [-0.3, -0.25) is 4.79 Å². The van der Waals surface area contributed by atoms with Crippen LogP contribution in [0.4, 0.5) is 19.0 Å². The number of methoxy groups -OCH3 is 1. The molecule has 1 saturated heterocycles. The lowest BCUT2D eigenvalue weighted by Crippen LogP contribution is -2.41. The molecule has 2 atom stereocenters. The molecular formula is C13H17F3N4O2. The second-order valence-electron chi connectivity index (χ2n) is 5.13. The number of hydrogen-bond donors (Lipinski definition) is 1. The summed E-state index contributed by atoms with van der Waals surface area (Å²) >= 11 is 0. The number of anilines is 1. The van der Waals surface area contributed by atoms with Crippen LogP contribution in [0.5, 0.6) is 0 Å². The number of amides is 1. The van der Waals surface area contributed by atoms with Crippen LogP contribution in [0.25, 0.3) is 0 Å². The monoisotopic (exact) mass is 318 g/mol. The Bertz CT molecular complexity index is 498. The van der Waals surface area contributed by atoms with E-state index < -0.39 is 24.5 Å². The van der Waals surface area contributed by atoms with E-state index in [1.54, 1.807) is 12.3 Å². The molecule has 0 bridgehead atoms. The lowest BCUT2D eigenvalue weighted by atomic mass is 9.96. The first-order valence-corrected chi connectivity index (χ1v) is 6.75. The Labute approximate surface area is 125 Å². The van der Waals surface area contributed by atoms with E-state index in [9.17, 15) is 18.0 Å². The standard InChI is InChI=1S/C13H17F3N4O2/c1-22-6-9-4-20(11-2-3-17-8-19-11)5-10(9)12(21)18-7-13(14,15)16/h2-3,8-10H,4-7H2,1H3,(H,18,21)/t9-,10+/m0/s1. The van der Waals surface area contributed by atoms with Gasteiger partial charge in [-0.05, 0) is 6.07 Å². The van der Waals surface area contributed by atoms with Crippen LogP contribution in [-0.4, -0.2) is 55.4 Å². The van der Waals surface area contributed by atoms with E-state index in [1.165, 1.54) is 13.4 Å². The molecule has 1 fully saturated rings. The van der Waals surface area contributed by atoms with Crippen molar-refractivity contribution < 1.29 is 22.7 Å². The predicted molar refractivity (Wildman–Crippen MR) is 72.2 cm³/mol. The van der Waals surface area contributed by atoms with Crippen molar-refractivity contribution in [3.63, 3.8) is 0 Å². The van der Waals surface area contributed by atoms with E-state index in [2.05, 4.69) is 9.97 Å². The highest BCUT2D eigenvalue weighted by Crippen LogP contribution is 2.27. The van der Waals surface area contributed by atoms with Gasteiger partial charge in [0.25, 0.3) is 0 Å². The van der Waals surface area contributed by atoms with E-state index in [4.69, 9.17) is 4.74 Å².